The zero-order valence-electron chi connectivity index (χ0n) is 17.5. The van der Waals surface area contributed by atoms with Crippen LogP contribution in [0.2, 0.25) is 0 Å². The van der Waals surface area contributed by atoms with Crippen molar-refractivity contribution < 1.29 is 4.84 Å². The van der Waals surface area contributed by atoms with Crippen molar-refractivity contribution >= 4 is 39.8 Å². The molecule has 0 radical (unpaired) electrons. The lowest BCUT2D eigenvalue weighted by atomic mass is 10.1. The highest BCUT2D eigenvalue weighted by molar-refractivity contribution is 7.99. The van der Waals surface area contributed by atoms with Crippen molar-refractivity contribution in [1.29, 1.82) is 0 Å². The van der Waals surface area contributed by atoms with Crippen molar-refractivity contribution in [2.24, 2.45) is 4.99 Å². The summed E-state index contributed by atoms with van der Waals surface area (Å²) in [6.07, 6.45) is 0. The topological polar surface area (TPSA) is 59.4 Å². The van der Waals surface area contributed by atoms with Gasteiger partial charge in [0.15, 0.2) is 5.84 Å². The van der Waals surface area contributed by atoms with Crippen LogP contribution in [0.1, 0.15) is 32.5 Å². The third-order valence-corrected chi connectivity index (χ3v) is 7.45. The van der Waals surface area contributed by atoms with Crippen molar-refractivity contribution in [3.63, 3.8) is 0 Å². The van der Waals surface area contributed by atoms with Crippen LogP contribution in [0.15, 0.2) is 69.5 Å². The molecule has 5 nitrogen and oxygen atoms in total. The lowest BCUT2D eigenvalue weighted by Crippen LogP contribution is -2.33. The normalized spacial score (nSPS) is 16.2. The summed E-state index contributed by atoms with van der Waals surface area (Å²) in [4.78, 5) is 14.4. The summed E-state index contributed by atoms with van der Waals surface area (Å²) in [5, 5.41) is 10.9. The molecule has 0 fully saturated rings. The minimum Gasteiger partial charge on any atom is -0.272 e. The minimum atomic E-state index is -0.0413. The van der Waals surface area contributed by atoms with Gasteiger partial charge in [-0.05, 0) is 56.2 Å². The van der Waals surface area contributed by atoms with Gasteiger partial charge in [0.2, 0.25) is 0 Å². The average molecular weight is 447 g/mol. The molecule has 4 aromatic rings. The lowest BCUT2D eigenvalue weighted by Gasteiger charge is -2.23. The number of rotatable bonds is 4. The van der Waals surface area contributed by atoms with E-state index in [1.165, 1.54) is 20.9 Å². The molecule has 0 spiro atoms. The largest absolute Gasteiger partial charge is 0.272 e. The van der Waals surface area contributed by atoms with Crippen molar-refractivity contribution in [3.8, 4) is 0 Å². The molecule has 0 saturated heterocycles. The number of amidine groups is 1. The number of aryl methyl sites for hydroxylation is 3. The Morgan fingerprint density at radius 3 is 2.74 bits per heavy atom. The van der Waals surface area contributed by atoms with Crippen LogP contribution in [-0.2, 0) is 4.84 Å². The molecule has 2 aromatic carbocycles. The molecule has 7 heteroatoms. The Balaban J connectivity index is 1.65. The highest BCUT2D eigenvalue weighted by Gasteiger charge is 2.24. The van der Waals surface area contributed by atoms with Crippen molar-refractivity contribution in [3.05, 3.63) is 81.0 Å². The summed E-state index contributed by atoms with van der Waals surface area (Å²) >= 11 is 3.37. The summed E-state index contributed by atoms with van der Waals surface area (Å²) < 4.78 is 0. The molecule has 1 atom stereocenters. The number of benzene rings is 2. The van der Waals surface area contributed by atoms with E-state index in [1.807, 2.05) is 18.2 Å². The van der Waals surface area contributed by atoms with Gasteiger partial charge in [0.1, 0.15) is 17.7 Å². The number of nitrogens with one attached hydrogen (secondary N) is 1. The molecule has 31 heavy (non-hydrogen) atoms. The summed E-state index contributed by atoms with van der Waals surface area (Å²) in [6.45, 7) is 6.83. The molecule has 0 unspecified atom stereocenters. The SMILES string of the molecule is Cc1ccc(C)c(Sc2nnc3ccccc3c2C2=N[C@@H](c3ccc(C)s3)CON2)c1. The number of hydrogen-bond donors (Lipinski definition) is 1. The van der Waals surface area contributed by atoms with Crippen molar-refractivity contribution in [2.75, 3.05) is 6.61 Å². The van der Waals surface area contributed by atoms with E-state index in [4.69, 9.17) is 9.83 Å². The number of hydroxylamine groups is 1. The molecule has 1 aliphatic rings. The Morgan fingerprint density at radius 2 is 1.90 bits per heavy atom. The van der Waals surface area contributed by atoms with Crippen LogP contribution in [-0.4, -0.2) is 22.6 Å². The molecule has 5 rings (SSSR count). The quantitative estimate of drug-likeness (QED) is 0.430. The monoisotopic (exact) mass is 446 g/mol. The van der Waals surface area contributed by atoms with Gasteiger partial charge in [0.25, 0.3) is 0 Å². The van der Waals surface area contributed by atoms with Crippen LogP contribution in [0.5, 0.6) is 0 Å². The van der Waals surface area contributed by atoms with E-state index in [0.29, 0.717) is 12.4 Å². The standard InChI is InChI=1S/C24H22N4OS2/c1-14-8-9-15(2)21(12-14)31-24-22(17-6-4-5-7-18(17)26-27-24)23-25-19(13-29-28-23)20-11-10-16(3)30-20/h4-12,19H,13H2,1-3H3,(H,25,28)/t19-/m1/s1. The second kappa shape index (κ2) is 8.42. The zero-order valence-corrected chi connectivity index (χ0v) is 19.2. The van der Waals surface area contributed by atoms with E-state index < -0.39 is 0 Å². The van der Waals surface area contributed by atoms with Crippen LogP contribution in [0.4, 0.5) is 0 Å². The summed E-state index contributed by atoms with van der Waals surface area (Å²) in [7, 11) is 0. The maximum Gasteiger partial charge on any atom is 0.156 e. The Morgan fingerprint density at radius 1 is 1.03 bits per heavy atom. The molecular weight excluding hydrogens is 424 g/mol. The van der Waals surface area contributed by atoms with E-state index >= 15 is 0 Å². The molecule has 0 aliphatic carbocycles. The van der Waals surface area contributed by atoms with Crippen molar-refractivity contribution in [1.82, 2.24) is 15.7 Å². The first-order valence-corrected chi connectivity index (χ1v) is 11.7. The summed E-state index contributed by atoms with van der Waals surface area (Å²) in [5.41, 5.74) is 7.24. The number of aliphatic imine (C=N–C) groups is 1. The second-order valence-corrected chi connectivity index (χ2v) is 9.97. The van der Waals surface area contributed by atoms with Gasteiger partial charge in [-0.2, -0.15) is 0 Å². The molecule has 1 aliphatic heterocycles. The highest BCUT2D eigenvalue weighted by atomic mass is 32.2. The third kappa shape index (κ3) is 4.08. The van der Waals surface area contributed by atoms with E-state index in [2.05, 4.69) is 72.8 Å². The molecule has 0 saturated carbocycles. The van der Waals surface area contributed by atoms with Crippen LogP contribution < -0.4 is 5.48 Å². The van der Waals surface area contributed by atoms with E-state index in [-0.39, 0.29) is 6.04 Å². The van der Waals surface area contributed by atoms with Crippen LogP contribution >= 0.6 is 23.1 Å². The van der Waals surface area contributed by atoms with Gasteiger partial charge in [-0.3, -0.25) is 9.83 Å². The van der Waals surface area contributed by atoms with Crippen LogP contribution in [0.3, 0.4) is 0 Å². The molecular formula is C24H22N4OS2. The van der Waals surface area contributed by atoms with Crippen LogP contribution in [0, 0.1) is 20.8 Å². The Kier molecular flexibility index (Phi) is 5.48. The van der Waals surface area contributed by atoms with Gasteiger partial charge < -0.3 is 0 Å². The Hall–Kier alpha value is -2.74. The molecule has 2 aromatic heterocycles. The van der Waals surface area contributed by atoms with Gasteiger partial charge in [-0.25, -0.2) is 5.48 Å². The fraction of sp³-hybridized carbons (Fsp3) is 0.208. The number of aromatic nitrogens is 2. The van der Waals surface area contributed by atoms with Gasteiger partial charge in [0.05, 0.1) is 11.1 Å². The summed E-state index contributed by atoms with van der Waals surface area (Å²) in [5.74, 6) is 0.696. The first-order valence-electron chi connectivity index (χ1n) is 10.1. The predicted octanol–water partition coefficient (Wildman–Crippen LogP) is 5.79. The van der Waals surface area contributed by atoms with E-state index in [0.717, 1.165) is 26.4 Å². The van der Waals surface area contributed by atoms with E-state index in [9.17, 15) is 0 Å². The number of thiophene rings is 1. The lowest BCUT2D eigenvalue weighted by molar-refractivity contribution is 0.0628. The molecule has 3 heterocycles. The maximum atomic E-state index is 5.78. The third-order valence-electron chi connectivity index (χ3n) is 5.21. The Bertz CT molecular complexity index is 1300. The molecule has 0 amide bonds. The van der Waals surface area contributed by atoms with E-state index in [1.54, 1.807) is 23.1 Å². The van der Waals surface area contributed by atoms with Crippen molar-refractivity contribution in [2.45, 2.75) is 36.7 Å². The van der Waals surface area contributed by atoms with Crippen LogP contribution in [0.25, 0.3) is 10.9 Å². The molecule has 0 bridgehead atoms. The maximum absolute atomic E-state index is 5.78. The molecule has 1 N–H and O–H groups in total. The van der Waals surface area contributed by atoms with Gasteiger partial charge in [-0.15, -0.1) is 21.5 Å². The number of nitrogens with zero attached hydrogens (tertiary/aromatic N) is 3. The zero-order chi connectivity index (χ0) is 21.4. The van der Waals surface area contributed by atoms with Gasteiger partial charge in [-0.1, -0.05) is 42.1 Å². The van der Waals surface area contributed by atoms with Gasteiger partial charge in [0, 0.05) is 20.0 Å². The minimum absolute atomic E-state index is 0.0413. The fourth-order valence-electron chi connectivity index (χ4n) is 3.56. The first kappa shape index (κ1) is 20.2. The number of hydrogen-bond acceptors (Lipinski definition) is 7. The smallest absolute Gasteiger partial charge is 0.156 e. The summed E-state index contributed by atoms with van der Waals surface area (Å²) in [6, 6.07) is 18.7. The first-order chi connectivity index (χ1) is 15.1. The predicted molar refractivity (Wildman–Crippen MR) is 127 cm³/mol. The Labute approximate surface area is 189 Å². The second-order valence-electron chi connectivity index (χ2n) is 7.62. The highest BCUT2D eigenvalue weighted by Crippen LogP contribution is 2.36. The molecule has 156 valence electrons. The van der Waals surface area contributed by atoms with Gasteiger partial charge >= 0.3 is 0 Å². The average Bonchev–Trinajstić information content (AvgIpc) is 3.22. The fourth-order valence-corrected chi connectivity index (χ4v) is 5.53. The number of fused-ring (bicyclic) bond motifs is 1.